The first-order valence-corrected chi connectivity index (χ1v) is 5.90. The van der Waals surface area contributed by atoms with Gasteiger partial charge in [-0.2, -0.15) is 0 Å². The molecule has 0 radical (unpaired) electrons. The first kappa shape index (κ1) is 14.9. The van der Waals surface area contributed by atoms with Gasteiger partial charge in [0.25, 0.3) is 0 Å². The molecule has 0 aliphatic heterocycles. The van der Waals surface area contributed by atoms with Gasteiger partial charge < -0.3 is 15.3 Å². The SMILES string of the molecule is CCNC(=O)CN(CC)c1ncc(F)cc1C(=O)O. The Morgan fingerprint density at radius 1 is 1.47 bits per heavy atom. The van der Waals surface area contributed by atoms with Gasteiger partial charge in [-0.25, -0.2) is 14.2 Å². The Kier molecular flexibility index (Phi) is 5.23. The van der Waals surface area contributed by atoms with Gasteiger partial charge in [0.1, 0.15) is 17.2 Å². The average Bonchev–Trinajstić information content (AvgIpc) is 2.36. The molecule has 0 aromatic carbocycles. The molecule has 0 fully saturated rings. The third-order valence-electron chi connectivity index (χ3n) is 2.45. The van der Waals surface area contributed by atoms with Crippen molar-refractivity contribution in [2.24, 2.45) is 0 Å². The number of anilines is 1. The number of carboxylic acid groups (broad SMARTS) is 1. The van der Waals surface area contributed by atoms with Gasteiger partial charge >= 0.3 is 5.97 Å². The van der Waals surface area contributed by atoms with Crippen molar-refractivity contribution in [3.8, 4) is 0 Å². The van der Waals surface area contributed by atoms with Crippen molar-refractivity contribution in [2.45, 2.75) is 13.8 Å². The molecular formula is C12H16FN3O3. The number of hydrogen-bond acceptors (Lipinski definition) is 4. The second-order valence-corrected chi connectivity index (χ2v) is 3.80. The summed E-state index contributed by atoms with van der Waals surface area (Å²) in [4.78, 5) is 27.9. The number of likely N-dealkylation sites (N-methyl/N-ethyl adjacent to an activating group) is 2. The number of aromatic carboxylic acids is 1. The lowest BCUT2D eigenvalue weighted by molar-refractivity contribution is -0.119. The van der Waals surface area contributed by atoms with Crippen LogP contribution in [-0.4, -0.2) is 41.6 Å². The van der Waals surface area contributed by atoms with Crippen LogP contribution in [0.1, 0.15) is 24.2 Å². The molecule has 0 aliphatic carbocycles. The molecule has 0 bridgehead atoms. The van der Waals surface area contributed by atoms with Crippen molar-refractivity contribution in [1.82, 2.24) is 10.3 Å². The van der Waals surface area contributed by atoms with E-state index in [-0.39, 0.29) is 23.8 Å². The van der Waals surface area contributed by atoms with Gasteiger partial charge in [0.15, 0.2) is 0 Å². The molecule has 1 heterocycles. The summed E-state index contributed by atoms with van der Waals surface area (Å²) in [6.07, 6.45) is 0.933. The van der Waals surface area contributed by atoms with Gasteiger partial charge in [-0.05, 0) is 19.9 Å². The molecule has 0 unspecified atom stereocenters. The van der Waals surface area contributed by atoms with Crippen LogP contribution in [0.25, 0.3) is 0 Å². The Morgan fingerprint density at radius 2 is 2.16 bits per heavy atom. The fraction of sp³-hybridized carbons (Fsp3) is 0.417. The van der Waals surface area contributed by atoms with E-state index in [4.69, 9.17) is 5.11 Å². The molecule has 19 heavy (non-hydrogen) atoms. The minimum Gasteiger partial charge on any atom is -0.478 e. The molecule has 1 aromatic rings. The fourth-order valence-corrected chi connectivity index (χ4v) is 1.60. The number of amides is 1. The predicted molar refractivity (Wildman–Crippen MR) is 67.7 cm³/mol. The standard InChI is InChI=1S/C12H16FN3O3/c1-3-14-10(17)7-16(4-2)11-9(12(18)19)5-8(13)6-15-11/h5-6H,3-4,7H2,1-2H3,(H,14,17)(H,18,19). The lowest BCUT2D eigenvalue weighted by atomic mass is 10.2. The minimum absolute atomic E-state index is 0.0246. The van der Waals surface area contributed by atoms with Crippen molar-refractivity contribution in [3.63, 3.8) is 0 Å². The van der Waals surface area contributed by atoms with Crippen molar-refractivity contribution in [3.05, 3.63) is 23.6 Å². The van der Waals surface area contributed by atoms with E-state index in [1.54, 1.807) is 13.8 Å². The Hall–Kier alpha value is -2.18. The van der Waals surface area contributed by atoms with Crippen molar-refractivity contribution >= 4 is 17.7 Å². The number of carbonyl (C=O) groups excluding carboxylic acids is 1. The zero-order valence-electron chi connectivity index (χ0n) is 10.8. The van der Waals surface area contributed by atoms with E-state index in [1.807, 2.05) is 0 Å². The van der Waals surface area contributed by atoms with Crippen LogP contribution in [0, 0.1) is 5.82 Å². The summed E-state index contributed by atoms with van der Waals surface area (Å²) >= 11 is 0. The molecule has 0 spiro atoms. The van der Waals surface area contributed by atoms with E-state index in [1.165, 1.54) is 4.90 Å². The smallest absolute Gasteiger partial charge is 0.339 e. The predicted octanol–water partition coefficient (Wildman–Crippen LogP) is 0.881. The lowest BCUT2D eigenvalue weighted by Crippen LogP contribution is -2.38. The average molecular weight is 269 g/mol. The first-order valence-electron chi connectivity index (χ1n) is 5.90. The zero-order chi connectivity index (χ0) is 14.4. The largest absolute Gasteiger partial charge is 0.478 e. The van der Waals surface area contributed by atoms with E-state index in [9.17, 15) is 14.0 Å². The Morgan fingerprint density at radius 3 is 2.68 bits per heavy atom. The number of aromatic nitrogens is 1. The maximum atomic E-state index is 13.0. The highest BCUT2D eigenvalue weighted by Gasteiger charge is 2.19. The van der Waals surface area contributed by atoms with Crippen LogP contribution in [0.2, 0.25) is 0 Å². The lowest BCUT2D eigenvalue weighted by Gasteiger charge is -2.22. The molecule has 0 saturated carbocycles. The van der Waals surface area contributed by atoms with Crippen LogP contribution in [0.4, 0.5) is 10.2 Å². The Bertz CT molecular complexity index is 479. The van der Waals surface area contributed by atoms with Crippen molar-refractivity contribution in [1.29, 1.82) is 0 Å². The molecule has 1 aromatic heterocycles. The van der Waals surface area contributed by atoms with E-state index in [0.29, 0.717) is 13.1 Å². The number of carboxylic acids is 1. The molecule has 6 nitrogen and oxygen atoms in total. The Labute approximate surface area is 110 Å². The molecule has 0 saturated heterocycles. The molecule has 0 aliphatic rings. The fourth-order valence-electron chi connectivity index (χ4n) is 1.60. The van der Waals surface area contributed by atoms with Gasteiger partial charge in [0.2, 0.25) is 5.91 Å². The molecule has 1 rings (SSSR count). The summed E-state index contributed by atoms with van der Waals surface area (Å²) in [5.74, 6) is -2.17. The van der Waals surface area contributed by atoms with Gasteiger partial charge in [-0.1, -0.05) is 0 Å². The van der Waals surface area contributed by atoms with Crippen LogP contribution in [-0.2, 0) is 4.79 Å². The molecule has 1 amide bonds. The molecule has 7 heteroatoms. The third-order valence-corrected chi connectivity index (χ3v) is 2.45. The van der Waals surface area contributed by atoms with Crippen LogP contribution in [0.15, 0.2) is 12.3 Å². The summed E-state index contributed by atoms with van der Waals surface area (Å²) in [6.45, 7) is 4.39. The summed E-state index contributed by atoms with van der Waals surface area (Å²) < 4.78 is 13.0. The van der Waals surface area contributed by atoms with E-state index < -0.39 is 11.8 Å². The molecule has 0 atom stereocenters. The van der Waals surface area contributed by atoms with Gasteiger partial charge in [-0.15, -0.1) is 0 Å². The second-order valence-electron chi connectivity index (χ2n) is 3.80. The second kappa shape index (κ2) is 6.67. The van der Waals surface area contributed by atoms with Gasteiger partial charge in [0.05, 0.1) is 12.7 Å². The highest BCUT2D eigenvalue weighted by atomic mass is 19.1. The van der Waals surface area contributed by atoms with Crippen LogP contribution < -0.4 is 10.2 Å². The maximum absolute atomic E-state index is 13.0. The number of pyridine rings is 1. The van der Waals surface area contributed by atoms with Crippen LogP contribution in [0.3, 0.4) is 0 Å². The highest BCUT2D eigenvalue weighted by Crippen LogP contribution is 2.18. The van der Waals surface area contributed by atoms with Crippen molar-refractivity contribution in [2.75, 3.05) is 24.5 Å². The molecule has 2 N–H and O–H groups in total. The van der Waals surface area contributed by atoms with E-state index in [2.05, 4.69) is 10.3 Å². The summed E-state index contributed by atoms with van der Waals surface area (Å²) in [7, 11) is 0. The number of halogens is 1. The summed E-state index contributed by atoms with van der Waals surface area (Å²) in [6, 6.07) is 0.894. The third kappa shape index (κ3) is 3.90. The number of nitrogens with zero attached hydrogens (tertiary/aromatic N) is 2. The van der Waals surface area contributed by atoms with Crippen molar-refractivity contribution < 1.29 is 19.1 Å². The number of rotatable bonds is 6. The number of nitrogens with one attached hydrogen (secondary N) is 1. The number of carbonyl (C=O) groups is 2. The molecule has 104 valence electrons. The topological polar surface area (TPSA) is 82.5 Å². The van der Waals surface area contributed by atoms with Gasteiger partial charge in [-0.3, -0.25) is 4.79 Å². The zero-order valence-corrected chi connectivity index (χ0v) is 10.8. The highest BCUT2D eigenvalue weighted by molar-refractivity contribution is 5.94. The Balaban J connectivity index is 3.04. The minimum atomic E-state index is -1.28. The monoisotopic (exact) mass is 269 g/mol. The normalized spacial score (nSPS) is 10.1. The van der Waals surface area contributed by atoms with Crippen LogP contribution >= 0.6 is 0 Å². The number of hydrogen-bond donors (Lipinski definition) is 2. The summed E-state index contributed by atoms with van der Waals surface area (Å²) in [5, 5.41) is 11.6. The van der Waals surface area contributed by atoms with Gasteiger partial charge in [0, 0.05) is 13.1 Å². The van der Waals surface area contributed by atoms with Crippen LogP contribution in [0.5, 0.6) is 0 Å². The quantitative estimate of drug-likeness (QED) is 0.801. The maximum Gasteiger partial charge on any atom is 0.339 e. The van der Waals surface area contributed by atoms with E-state index in [0.717, 1.165) is 12.3 Å². The summed E-state index contributed by atoms with van der Waals surface area (Å²) in [5.41, 5.74) is -0.258. The van der Waals surface area contributed by atoms with E-state index >= 15 is 0 Å². The molecular weight excluding hydrogens is 253 g/mol. The first-order chi connectivity index (χ1) is 8.99.